The van der Waals surface area contributed by atoms with Crippen molar-refractivity contribution in [3.63, 3.8) is 0 Å². The topological polar surface area (TPSA) is 81.4 Å². The van der Waals surface area contributed by atoms with Crippen molar-refractivity contribution in [2.24, 2.45) is 5.92 Å². The molecular formula is C14H22N2O4. The van der Waals surface area contributed by atoms with Gasteiger partial charge in [-0.1, -0.05) is 6.92 Å². The highest BCUT2D eigenvalue weighted by atomic mass is 16.5. The number of rotatable bonds is 7. The number of methoxy groups -OCH3 is 1. The Balaban J connectivity index is 3.08. The van der Waals surface area contributed by atoms with Gasteiger partial charge in [0.05, 0.1) is 6.61 Å². The van der Waals surface area contributed by atoms with Crippen LogP contribution in [0.2, 0.25) is 0 Å². The van der Waals surface area contributed by atoms with Gasteiger partial charge in [-0.05, 0) is 31.7 Å². The normalized spacial score (nSPS) is 12.4. The molecular weight excluding hydrogens is 260 g/mol. The molecule has 1 aromatic heterocycles. The van der Waals surface area contributed by atoms with E-state index in [1.807, 2.05) is 13.8 Å². The Labute approximate surface area is 118 Å². The predicted octanol–water partition coefficient (Wildman–Crippen LogP) is 1.16. The zero-order chi connectivity index (χ0) is 15.3. The van der Waals surface area contributed by atoms with Gasteiger partial charge in [0.2, 0.25) is 0 Å². The summed E-state index contributed by atoms with van der Waals surface area (Å²) < 4.78 is 6.68. The lowest BCUT2D eigenvalue weighted by Crippen LogP contribution is -2.31. The molecule has 112 valence electrons. The van der Waals surface area contributed by atoms with Gasteiger partial charge in [0.15, 0.2) is 0 Å². The summed E-state index contributed by atoms with van der Waals surface area (Å²) in [5.41, 5.74) is 1.97. The molecule has 1 unspecified atom stereocenters. The highest BCUT2D eigenvalue weighted by Crippen LogP contribution is 2.13. The van der Waals surface area contributed by atoms with E-state index in [2.05, 4.69) is 4.98 Å². The molecule has 0 saturated carbocycles. The lowest BCUT2D eigenvalue weighted by Gasteiger charge is -2.18. The van der Waals surface area contributed by atoms with Crippen LogP contribution in [0.5, 0.6) is 0 Å². The van der Waals surface area contributed by atoms with Crippen molar-refractivity contribution in [2.75, 3.05) is 13.7 Å². The fourth-order valence-electron chi connectivity index (χ4n) is 2.30. The lowest BCUT2D eigenvalue weighted by molar-refractivity contribution is -0.136. The molecule has 6 heteroatoms. The average Bonchev–Trinajstić information content (AvgIpc) is 2.34. The third kappa shape index (κ3) is 4.16. The van der Waals surface area contributed by atoms with Crippen molar-refractivity contribution in [3.05, 3.63) is 27.4 Å². The van der Waals surface area contributed by atoms with Crippen LogP contribution in [-0.4, -0.2) is 34.3 Å². The van der Waals surface area contributed by atoms with E-state index in [1.54, 1.807) is 18.6 Å². The number of carbonyl (C=O) groups is 1. The van der Waals surface area contributed by atoms with Gasteiger partial charge in [-0.3, -0.25) is 9.36 Å². The summed E-state index contributed by atoms with van der Waals surface area (Å²) in [4.78, 5) is 26.7. The summed E-state index contributed by atoms with van der Waals surface area (Å²) in [6, 6.07) is 0. The molecule has 20 heavy (non-hydrogen) atoms. The highest BCUT2D eigenvalue weighted by molar-refractivity contribution is 5.67. The van der Waals surface area contributed by atoms with E-state index in [9.17, 15) is 9.59 Å². The van der Waals surface area contributed by atoms with Gasteiger partial charge >= 0.3 is 11.7 Å². The second kappa shape index (κ2) is 7.19. The van der Waals surface area contributed by atoms with Crippen molar-refractivity contribution in [2.45, 2.75) is 40.2 Å². The second-order valence-electron chi connectivity index (χ2n) is 5.11. The molecule has 0 fully saturated rings. The number of nitrogens with zero attached hydrogens (tertiary/aromatic N) is 2. The van der Waals surface area contributed by atoms with Crippen LogP contribution in [0.3, 0.4) is 0 Å². The van der Waals surface area contributed by atoms with E-state index in [0.717, 1.165) is 11.3 Å². The number of aryl methyl sites for hydroxylation is 1. The van der Waals surface area contributed by atoms with Crippen LogP contribution in [0.25, 0.3) is 0 Å². The predicted molar refractivity (Wildman–Crippen MR) is 75.0 cm³/mol. The van der Waals surface area contributed by atoms with Crippen LogP contribution < -0.4 is 5.69 Å². The van der Waals surface area contributed by atoms with Gasteiger partial charge in [-0.25, -0.2) is 4.79 Å². The monoisotopic (exact) mass is 282 g/mol. The Morgan fingerprint density at radius 2 is 2.10 bits per heavy atom. The molecule has 6 nitrogen and oxygen atoms in total. The van der Waals surface area contributed by atoms with E-state index in [4.69, 9.17) is 9.84 Å². The van der Waals surface area contributed by atoms with Gasteiger partial charge in [-0.15, -0.1) is 0 Å². The fourth-order valence-corrected chi connectivity index (χ4v) is 2.30. The van der Waals surface area contributed by atoms with Crippen LogP contribution >= 0.6 is 0 Å². The van der Waals surface area contributed by atoms with Crippen molar-refractivity contribution in [1.82, 2.24) is 9.55 Å². The van der Waals surface area contributed by atoms with Crippen LogP contribution in [-0.2, 0) is 22.5 Å². The van der Waals surface area contributed by atoms with Crippen molar-refractivity contribution in [3.8, 4) is 0 Å². The molecule has 0 aliphatic heterocycles. The number of ether oxygens (including phenoxy) is 1. The van der Waals surface area contributed by atoms with Crippen LogP contribution in [0.4, 0.5) is 0 Å². The van der Waals surface area contributed by atoms with Crippen molar-refractivity contribution < 1.29 is 14.6 Å². The molecule has 1 N–H and O–H groups in total. The number of aliphatic carboxylic acids is 1. The molecule has 1 aromatic rings. The molecule has 0 spiro atoms. The van der Waals surface area contributed by atoms with Crippen LogP contribution in [0, 0.1) is 19.8 Å². The third-order valence-electron chi connectivity index (χ3n) is 3.31. The Hall–Kier alpha value is -1.69. The molecule has 0 aliphatic carbocycles. The summed E-state index contributed by atoms with van der Waals surface area (Å²) in [5.74, 6) is -0.664. The maximum Gasteiger partial charge on any atom is 0.347 e. The Bertz CT molecular complexity index is 537. The molecule has 0 aromatic carbocycles. The van der Waals surface area contributed by atoms with E-state index in [1.165, 1.54) is 0 Å². The Morgan fingerprint density at radius 3 is 2.65 bits per heavy atom. The van der Waals surface area contributed by atoms with Gasteiger partial charge in [-0.2, -0.15) is 4.98 Å². The minimum atomic E-state index is -0.852. The molecule has 1 heterocycles. The Kier molecular flexibility index (Phi) is 5.88. The molecule has 1 rings (SSSR count). The quantitative estimate of drug-likeness (QED) is 0.811. The zero-order valence-electron chi connectivity index (χ0n) is 12.5. The first kappa shape index (κ1) is 16.4. The van der Waals surface area contributed by atoms with Crippen LogP contribution in [0.1, 0.15) is 30.3 Å². The summed E-state index contributed by atoms with van der Waals surface area (Å²) in [6.45, 7) is 6.66. The number of carboxylic acids is 1. The summed E-state index contributed by atoms with van der Waals surface area (Å²) in [7, 11) is 1.62. The summed E-state index contributed by atoms with van der Waals surface area (Å²) >= 11 is 0. The van der Waals surface area contributed by atoms with E-state index in [-0.39, 0.29) is 18.0 Å². The first-order valence-electron chi connectivity index (χ1n) is 6.64. The SMILES string of the molecule is COCC(C)Cn1c(C)c(CCC(=O)O)c(C)nc1=O. The van der Waals surface area contributed by atoms with E-state index >= 15 is 0 Å². The maximum absolute atomic E-state index is 12.0. The minimum Gasteiger partial charge on any atom is -0.481 e. The minimum absolute atomic E-state index is 0.0369. The molecule has 0 bridgehead atoms. The smallest absolute Gasteiger partial charge is 0.347 e. The second-order valence-corrected chi connectivity index (χ2v) is 5.11. The molecule has 0 radical (unpaired) electrons. The van der Waals surface area contributed by atoms with E-state index < -0.39 is 5.97 Å². The Morgan fingerprint density at radius 1 is 1.45 bits per heavy atom. The molecule has 0 amide bonds. The number of carboxylic acid groups (broad SMARTS) is 1. The fraction of sp³-hybridized carbons (Fsp3) is 0.643. The number of aromatic nitrogens is 2. The number of hydrogen-bond donors (Lipinski definition) is 1. The van der Waals surface area contributed by atoms with Crippen molar-refractivity contribution >= 4 is 5.97 Å². The average molecular weight is 282 g/mol. The highest BCUT2D eigenvalue weighted by Gasteiger charge is 2.14. The van der Waals surface area contributed by atoms with E-state index in [0.29, 0.717) is 25.3 Å². The number of hydrogen-bond acceptors (Lipinski definition) is 4. The summed E-state index contributed by atoms with van der Waals surface area (Å²) in [5, 5.41) is 8.79. The third-order valence-corrected chi connectivity index (χ3v) is 3.31. The standard InChI is InChI=1S/C14H22N2O4/c1-9(8-20-4)7-16-11(3)12(5-6-13(17)18)10(2)15-14(16)19/h9H,5-8H2,1-4H3,(H,17,18). The summed E-state index contributed by atoms with van der Waals surface area (Å²) in [6.07, 6.45) is 0.425. The molecule has 0 saturated heterocycles. The van der Waals surface area contributed by atoms with Gasteiger partial charge in [0, 0.05) is 31.5 Å². The van der Waals surface area contributed by atoms with Crippen molar-refractivity contribution in [1.29, 1.82) is 0 Å². The lowest BCUT2D eigenvalue weighted by atomic mass is 10.1. The largest absolute Gasteiger partial charge is 0.481 e. The van der Waals surface area contributed by atoms with Gasteiger partial charge in [0.1, 0.15) is 0 Å². The molecule has 0 aliphatic rings. The first-order chi connectivity index (χ1) is 9.36. The van der Waals surface area contributed by atoms with Gasteiger partial charge in [0.25, 0.3) is 0 Å². The maximum atomic E-state index is 12.0. The molecule has 1 atom stereocenters. The van der Waals surface area contributed by atoms with Crippen LogP contribution in [0.15, 0.2) is 4.79 Å². The zero-order valence-corrected chi connectivity index (χ0v) is 12.5. The van der Waals surface area contributed by atoms with Gasteiger partial charge < -0.3 is 9.84 Å². The first-order valence-corrected chi connectivity index (χ1v) is 6.64.